The first-order valence-corrected chi connectivity index (χ1v) is 6.40. The molecule has 16 heavy (non-hydrogen) atoms. The summed E-state index contributed by atoms with van der Waals surface area (Å²) in [5, 5.41) is 12.1. The average molecular weight is 240 g/mol. The second-order valence-electron chi connectivity index (χ2n) is 3.25. The number of hydrogen-bond donors (Lipinski definition) is 2. The van der Waals surface area contributed by atoms with Crippen molar-refractivity contribution in [2.45, 2.75) is 17.9 Å². The van der Waals surface area contributed by atoms with Crippen LogP contribution in [0.4, 0.5) is 0 Å². The summed E-state index contributed by atoms with van der Waals surface area (Å²) in [5.74, 6) is -0.101. The van der Waals surface area contributed by atoms with Crippen LogP contribution in [0.5, 0.6) is 0 Å². The molecule has 0 aliphatic carbocycles. The van der Waals surface area contributed by atoms with Crippen LogP contribution in [0.2, 0.25) is 0 Å². The van der Waals surface area contributed by atoms with Gasteiger partial charge in [-0.3, -0.25) is 4.79 Å². The van der Waals surface area contributed by atoms with Crippen molar-refractivity contribution in [3.05, 3.63) is 23.9 Å². The van der Waals surface area contributed by atoms with E-state index < -0.39 is 0 Å². The fourth-order valence-corrected chi connectivity index (χ4v) is 1.81. The lowest BCUT2D eigenvalue weighted by atomic mass is 10.2. The van der Waals surface area contributed by atoms with Gasteiger partial charge in [-0.15, -0.1) is 11.8 Å². The van der Waals surface area contributed by atoms with Gasteiger partial charge in [0.05, 0.1) is 5.56 Å². The highest BCUT2D eigenvalue weighted by Crippen LogP contribution is 2.16. The fourth-order valence-electron chi connectivity index (χ4n) is 1.26. The van der Waals surface area contributed by atoms with Gasteiger partial charge in [0.1, 0.15) is 5.03 Å². The minimum atomic E-state index is -0.101. The zero-order valence-electron chi connectivity index (χ0n) is 9.27. The first kappa shape index (κ1) is 13.0. The Labute approximate surface area is 99.5 Å². The molecule has 0 fully saturated rings. The second kappa shape index (κ2) is 7.24. The van der Waals surface area contributed by atoms with Crippen molar-refractivity contribution in [1.82, 2.24) is 10.3 Å². The molecule has 0 radical (unpaired) electrons. The molecule has 1 heterocycles. The molecule has 0 saturated carbocycles. The fraction of sp³-hybridized carbons (Fsp3) is 0.455. The molecule has 0 aliphatic rings. The van der Waals surface area contributed by atoms with E-state index in [2.05, 4.69) is 10.3 Å². The third kappa shape index (κ3) is 3.83. The van der Waals surface area contributed by atoms with Gasteiger partial charge in [-0.1, -0.05) is 0 Å². The summed E-state index contributed by atoms with van der Waals surface area (Å²) >= 11 is 1.46. The van der Waals surface area contributed by atoms with Gasteiger partial charge in [-0.2, -0.15) is 0 Å². The van der Waals surface area contributed by atoms with Gasteiger partial charge in [-0.25, -0.2) is 4.98 Å². The predicted molar refractivity (Wildman–Crippen MR) is 64.7 cm³/mol. The van der Waals surface area contributed by atoms with Gasteiger partial charge in [0.2, 0.25) is 0 Å². The minimum absolute atomic E-state index is 0.101. The molecular formula is C11H16N2O2S. The lowest BCUT2D eigenvalue weighted by molar-refractivity contribution is 0.0948. The Bertz CT molecular complexity index is 345. The van der Waals surface area contributed by atoms with Crippen LogP contribution >= 0.6 is 11.8 Å². The highest BCUT2D eigenvalue weighted by Gasteiger charge is 2.10. The standard InChI is InChI=1S/C11H16N2O2S/c1-16-11-9(5-4-7-13-11)10(15)12-6-2-3-8-14/h4-5,7,14H,2-3,6,8H2,1H3,(H,12,15). The van der Waals surface area contributed by atoms with E-state index in [0.29, 0.717) is 18.5 Å². The number of amides is 1. The summed E-state index contributed by atoms with van der Waals surface area (Å²) in [6, 6.07) is 3.52. The van der Waals surface area contributed by atoms with Gasteiger partial charge in [0.25, 0.3) is 5.91 Å². The Balaban J connectivity index is 2.52. The Hall–Kier alpha value is -1.07. The number of nitrogens with one attached hydrogen (secondary N) is 1. The molecule has 0 atom stereocenters. The smallest absolute Gasteiger partial charge is 0.254 e. The van der Waals surface area contributed by atoms with E-state index in [0.717, 1.165) is 11.4 Å². The van der Waals surface area contributed by atoms with Crippen LogP contribution in [-0.2, 0) is 0 Å². The second-order valence-corrected chi connectivity index (χ2v) is 4.04. The summed E-state index contributed by atoms with van der Waals surface area (Å²) < 4.78 is 0. The van der Waals surface area contributed by atoms with Gasteiger partial charge in [0, 0.05) is 19.3 Å². The number of pyridine rings is 1. The highest BCUT2D eigenvalue weighted by molar-refractivity contribution is 7.98. The molecular weight excluding hydrogens is 224 g/mol. The van der Waals surface area contributed by atoms with Crippen molar-refractivity contribution >= 4 is 17.7 Å². The van der Waals surface area contributed by atoms with E-state index in [4.69, 9.17) is 5.11 Å². The molecule has 1 amide bonds. The maximum Gasteiger partial charge on any atom is 0.254 e. The van der Waals surface area contributed by atoms with Crippen LogP contribution in [0, 0.1) is 0 Å². The van der Waals surface area contributed by atoms with Crippen LogP contribution < -0.4 is 5.32 Å². The number of rotatable bonds is 6. The summed E-state index contributed by atoms with van der Waals surface area (Å²) in [5.41, 5.74) is 0.610. The topological polar surface area (TPSA) is 62.2 Å². The van der Waals surface area contributed by atoms with Crippen molar-refractivity contribution in [1.29, 1.82) is 0 Å². The Kier molecular flexibility index (Phi) is 5.88. The van der Waals surface area contributed by atoms with Gasteiger partial charge in [-0.05, 0) is 31.2 Å². The molecule has 88 valence electrons. The molecule has 5 heteroatoms. The number of carbonyl (C=O) groups excluding carboxylic acids is 1. The van der Waals surface area contributed by atoms with E-state index in [1.165, 1.54) is 11.8 Å². The summed E-state index contributed by atoms with van der Waals surface area (Å²) in [4.78, 5) is 15.9. The van der Waals surface area contributed by atoms with E-state index in [1.54, 1.807) is 18.3 Å². The van der Waals surface area contributed by atoms with Crippen molar-refractivity contribution < 1.29 is 9.90 Å². The van der Waals surface area contributed by atoms with Gasteiger partial charge >= 0.3 is 0 Å². The first-order chi connectivity index (χ1) is 7.79. The molecule has 1 aromatic rings. The van der Waals surface area contributed by atoms with E-state index in [1.807, 2.05) is 6.26 Å². The van der Waals surface area contributed by atoms with Crippen molar-refractivity contribution in [2.75, 3.05) is 19.4 Å². The first-order valence-electron chi connectivity index (χ1n) is 5.17. The molecule has 4 nitrogen and oxygen atoms in total. The molecule has 0 spiro atoms. The van der Waals surface area contributed by atoms with Crippen LogP contribution in [0.3, 0.4) is 0 Å². The highest BCUT2D eigenvalue weighted by atomic mass is 32.2. The summed E-state index contributed by atoms with van der Waals surface area (Å²) in [6.07, 6.45) is 5.07. The van der Waals surface area contributed by atoms with Crippen molar-refractivity contribution in [2.24, 2.45) is 0 Å². The molecule has 1 rings (SSSR count). The Morgan fingerprint density at radius 1 is 1.56 bits per heavy atom. The van der Waals surface area contributed by atoms with Crippen LogP contribution in [0.15, 0.2) is 23.4 Å². The predicted octanol–water partition coefficient (Wildman–Crippen LogP) is 1.31. The number of unbranched alkanes of at least 4 members (excludes halogenated alkanes) is 1. The molecule has 0 saturated heterocycles. The van der Waals surface area contributed by atoms with Gasteiger partial charge < -0.3 is 10.4 Å². The zero-order chi connectivity index (χ0) is 11.8. The van der Waals surface area contributed by atoms with E-state index >= 15 is 0 Å². The number of aromatic nitrogens is 1. The SMILES string of the molecule is CSc1ncccc1C(=O)NCCCCO. The number of carbonyl (C=O) groups is 1. The molecule has 2 N–H and O–H groups in total. The van der Waals surface area contributed by atoms with Crippen molar-refractivity contribution in [3.63, 3.8) is 0 Å². The molecule has 0 unspecified atom stereocenters. The number of aliphatic hydroxyl groups is 1. The summed E-state index contributed by atoms with van der Waals surface area (Å²) in [6.45, 7) is 0.751. The molecule has 0 aromatic carbocycles. The molecule has 0 bridgehead atoms. The monoisotopic (exact) mass is 240 g/mol. The third-order valence-corrected chi connectivity index (χ3v) is 2.79. The summed E-state index contributed by atoms with van der Waals surface area (Å²) in [7, 11) is 0. The van der Waals surface area contributed by atoms with Crippen LogP contribution in [0.1, 0.15) is 23.2 Å². The lowest BCUT2D eigenvalue weighted by Gasteiger charge is -2.07. The number of thioether (sulfide) groups is 1. The quantitative estimate of drug-likeness (QED) is 0.581. The van der Waals surface area contributed by atoms with Crippen LogP contribution in [-0.4, -0.2) is 35.4 Å². The normalized spacial score (nSPS) is 10.1. The number of hydrogen-bond acceptors (Lipinski definition) is 4. The number of aliphatic hydroxyl groups excluding tert-OH is 1. The van der Waals surface area contributed by atoms with Crippen molar-refractivity contribution in [3.8, 4) is 0 Å². The van der Waals surface area contributed by atoms with Crippen LogP contribution in [0.25, 0.3) is 0 Å². The molecule has 0 aliphatic heterocycles. The zero-order valence-corrected chi connectivity index (χ0v) is 10.1. The minimum Gasteiger partial charge on any atom is -0.396 e. The van der Waals surface area contributed by atoms with E-state index in [9.17, 15) is 4.79 Å². The maximum atomic E-state index is 11.8. The maximum absolute atomic E-state index is 11.8. The lowest BCUT2D eigenvalue weighted by Crippen LogP contribution is -2.25. The third-order valence-electron chi connectivity index (χ3n) is 2.08. The largest absolute Gasteiger partial charge is 0.396 e. The van der Waals surface area contributed by atoms with Gasteiger partial charge in [0.15, 0.2) is 0 Å². The van der Waals surface area contributed by atoms with E-state index in [-0.39, 0.29) is 12.5 Å². The molecule has 1 aromatic heterocycles. The Morgan fingerprint density at radius 3 is 3.06 bits per heavy atom. The average Bonchev–Trinajstić information content (AvgIpc) is 2.34. The number of nitrogens with zero attached hydrogens (tertiary/aromatic N) is 1. The Morgan fingerprint density at radius 2 is 2.38 bits per heavy atom.